The second-order valence-electron chi connectivity index (χ2n) is 7.06. The van der Waals surface area contributed by atoms with Crippen molar-refractivity contribution in [1.29, 1.82) is 0 Å². The highest BCUT2D eigenvalue weighted by Crippen LogP contribution is 2.41. The lowest BCUT2D eigenvalue weighted by molar-refractivity contribution is -0.124. The van der Waals surface area contributed by atoms with Crippen LogP contribution in [0.2, 0.25) is 0 Å². The Morgan fingerprint density at radius 2 is 1.82 bits per heavy atom. The van der Waals surface area contributed by atoms with Crippen molar-refractivity contribution in [3.8, 4) is 0 Å². The third-order valence-corrected chi connectivity index (χ3v) is 5.50. The molecule has 1 aliphatic heterocycles. The van der Waals surface area contributed by atoms with Gasteiger partial charge in [-0.3, -0.25) is 10.2 Å². The minimum atomic E-state index is -0.0738. The molecule has 4 nitrogen and oxygen atoms in total. The highest BCUT2D eigenvalue weighted by Gasteiger charge is 2.42. The van der Waals surface area contributed by atoms with Gasteiger partial charge in [-0.15, -0.1) is 0 Å². The molecule has 1 aromatic carbocycles. The van der Waals surface area contributed by atoms with E-state index in [4.69, 9.17) is 0 Å². The van der Waals surface area contributed by atoms with Gasteiger partial charge in [0.2, 0.25) is 5.91 Å². The highest BCUT2D eigenvalue weighted by molar-refractivity contribution is 5.83. The lowest BCUT2D eigenvalue weighted by Gasteiger charge is -2.28. The molecule has 0 radical (unpaired) electrons. The van der Waals surface area contributed by atoms with Crippen LogP contribution in [0.4, 0.5) is 0 Å². The van der Waals surface area contributed by atoms with E-state index in [1.807, 2.05) is 6.07 Å². The van der Waals surface area contributed by atoms with E-state index in [1.165, 1.54) is 37.7 Å². The molecule has 1 saturated heterocycles. The van der Waals surface area contributed by atoms with E-state index in [-0.39, 0.29) is 18.0 Å². The van der Waals surface area contributed by atoms with Crippen LogP contribution in [0, 0.1) is 11.8 Å². The summed E-state index contributed by atoms with van der Waals surface area (Å²) >= 11 is 0. The molecule has 4 unspecified atom stereocenters. The van der Waals surface area contributed by atoms with Crippen LogP contribution in [0.15, 0.2) is 30.3 Å². The molecule has 4 heteroatoms. The summed E-state index contributed by atoms with van der Waals surface area (Å²) in [4.78, 5) is 12.8. The largest absolute Gasteiger partial charge is 0.348 e. The maximum atomic E-state index is 12.8. The molecule has 1 aromatic rings. The summed E-state index contributed by atoms with van der Waals surface area (Å²) in [5.74, 6) is 1.23. The molecule has 1 amide bonds. The molecule has 1 heterocycles. The number of benzene rings is 1. The molecule has 2 saturated carbocycles. The van der Waals surface area contributed by atoms with Crippen LogP contribution in [0.1, 0.15) is 50.1 Å². The number of hydrogen-bond acceptors (Lipinski definition) is 3. The number of hydrazine groups is 1. The van der Waals surface area contributed by atoms with Gasteiger partial charge in [0.25, 0.3) is 0 Å². The molecule has 2 aliphatic carbocycles. The Balaban J connectivity index is 1.46. The van der Waals surface area contributed by atoms with Crippen molar-refractivity contribution >= 4 is 5.91 Å². The topological polar surface area (TPSA) is 53.2 Å². The Kier molecular flexibility index (Phi) is 3.89. The zero-order valence-electron chi connectivity index (χ0n) is 12.9. The van der Waals surface area contributed by atoms with Crippen LogP contribution in [0.25, 0.3) is 0 Å². The van der Waals surface area contributed by atoms with E-state index in [9.17, 15) is 4.79 Å². The molecule has 4 rings (SSSR count). The zero-order chi connectivity index (χ0) is 14.9. The summed E-state index contributed by atoms with van der Waals surface area (Å²) in [7, 11) is 0. The first kappa shape index (κ1) is 14.2. The van der Waals surface area contributed by atoms with Gasteiger partial charge in [-0.05, 0) is 37.2 Å². The fourth-order valence-corrected chi connectivity index (χ4v) is 4.11. The normalized spacial score (nSPS) is 32.3. The minimum absolute atomic E-state index is 0.0738. The first-order chi connectivity index (χ1) is 10.8. The second-order valence-corrected chi connectivity index (χ2v) is 7.06. The van der Waals surface area contributed by atoms with Gasteiger partial charge in [0.15, 0.2) is 0 Å². The van der Waals surface area contributed by atoms with E-state index in [0.717, 1.165) is 6.42 Å². The smallest absolute Gasteiger partial charge is 0.239 e. The first-order valence-corrected chi connectivity index (χ1v) is 8.69. The first-order valence-electron chi connectivity index (χ1n) is 8.69. The number of amides is 1. The van der Waals surface area contributed by atoms with Gasteiger partial charge in [-0.2, -0.15) is 0 Å². The van der Waals surface area contributed by atoms with E-state index >= 15 is 0 Å². The summed E-state index contributed by atoms with van der Waals surface area (Å²) in [6.45, 7) is 0. The van der Waals surface area contributed by atoms with Gasteiger partial charge in [0.1, 0.15) is 6.04 Å². The van der Waals surface area contributed by atoms with Crippen molar-refractivity contribution in [2.24, 2.45) is 11.8 Å². The minimum Gasteiger partial charge on any atom is -0.348 e. The van der Waals surface area contributed by atoms with E-state index in [2.05, 4.69) is 40.4 Å². The van der Waals surface area contributed by atoms with Gasteiger partial charge in [-0.1, -0.05) is 43.2 Å². The van der Waals surface area contributed by atoms with Gasteiger partial charge in [0.05, 0.1) is 6.04 Å². The van der Waals surface area contributed by atoms with Crippen LogP contribution in [-0.2, 0) is 4.79 Å². The molecular formula is C18H25N3O. The van der Waals surface area contributed by atoms with E-state index < -0.39 is 0 Å². The van der Waals surface area contributed by atoms with Crippen LogP contribution >= 0.6 is 0 Å². The molecular weight excluding hydrogens is 274 g/mol. The standard InChI is InChI=1S/C18H25N3O/c22-18(17-14-8-4-5-9-15(14)20-21-17)19-16(13-10-11-13)12-6-2-1-3-7-12/h1-3,6-7,13-17,20-21H,4-5,8-11H2,(H,19,22). The van der Waals surface area contributed by atoms with E-state index in [0.29, 0.717) is 17.9 Å². The van der Waals surface area contributed by atoms with Gasteiger partial charge in [0, 0.05) is 12.0 Å². The highest BCUT2D eigenvalue weighted by atomic mass is 16.2. The quantitative estimate of drug-likeness (QED) is 0.799. The zero-order valence-corrected chi connectivity index (χ0v) is 12.9. The molecule has 0 spiro atoms. The lowest BCUT2D eigenvalue weighted by atomic mass is 9.81. The summed E-state index contributed by atoms with van der Waals surface area (Å²) in [5.41, 5.74) is 7.83. The van der Waals surface area contributed by atoms with Gasteiger partial charge >= 0.3 is 0 Å². The summed E-state index contributed by atoms with van der Waals surface area (Å²) in [6.07, 6.45) is 7.32. The maximum absolute atomic E-state index is 12.8. The Morgan fingerprint density at radius 1 is 1.05 bits per heavy atom. The van der Waals surface area contributed by atoms with Crippen LogP contribution < -0.4 is 16.2 Å². The third kappa shape index (κ3) is 2.77. The van der Waals surface area contributed by atoms with Crippen LogP contribution in [0.5, 0.6) is 0 Å². The summed E-state index contributed by atoms with van der Waals surface area (Å²) in [6, 6.07) is 11.0. The van der Waals surface area contributed by atoms with Crippen molar-refractivity contribution in [2.45, 2.75) is 56.7 Å². The lowest BCUT2D eigenvalue weighted by Crippen LogP contribution is -2.47. The predicted molar refractivity (Wildman–Crippen MR) is 85.9 cm³/mol. The maximum Gasteiger partial charge on any atom is 0.239 e. The van der Waals surface area contributed by atoms with Gasteiger partial charge < -0.3 is 5.32 Å². The van der Waals surface area contributed by atoms with Crippen LogP contribution in [0.3, 0.4) is 0 Å². The predicted octanol–water partition coefficient (Wildman–Crippen LogP) is 2.29. The average Bonchev–Trinajstić information content (AvgIpc) is 3.31. The molecule has 3 N–H and O–H groups in total. The van der Waals surface area contributed by atoms with Crippen LogP contribution in [-0.4, -0.2) is 18.0 Å². The molecule has 4 atom stereocenters. The molecule has 3 aliphatic rings. The Labute approximate surface area is 132 Å². The van der Waals surface area contributed by atoms with Crippen molar-refractivity contribution in [3.63, 3.8) is 0 Å². The number of carbonyl (C=O) groups excluding carboxylic acids is 1. The number of fused-ring (bicyclic) bond motifs is 1. The monoisotopic (exact) mass is 299 g/mol. The Bertz CT molecular complexity index is 528. The average molecular weight is 299 g/mol. The summed E-state index contributed by atoms with van der Waals surface area (Å²) < 4.78 is 0. The molecule has 3 fully saturated rings. The molecule has 22 heavy (non-hydrogen) atoms. The number of carbonyl (C=O) groups is 1. The molecule has 0 bridgehead atoms. The van der Waals surface area contributed by atoms with Crippen molar-refractivity contribution < 1.29 is 4.79 Å². The SMILES string of the molecule is O=C(NC(c1ccccc1)C1CC1)C1NNC2CCCCC21. The fraction of sp³-hybridized carbons (Fsp3) is 0.611. The molecule has 118 valence electrons. The Morgan fingerprint density at radius 3 is 2.59 bits per heavy atom. The van der Waals surface area contributed by atoms with Crippen molar-refractivity contribution in [3.05, 3.63) is 35.9 Å². The van der Waals surface area contributed by atoms with Crippen molar-refractivity contribution in [2.75, 3.05) is 0 Å². The Hall–Kier alpha value is -1.39. The number of nitrogens with one attached hydrogen (secondary N) is 3. The van der Waals surface area contributed by atoms with Gasteiger partial charge in [-0.25, -0.2) is 5.43 Å². The van der Waals surface area contributed by atoms with Crippen molar-refractivity contribution in [1.82, 2.24) is 16.2 Å². The fourth-order valence-electron chi connectivity index (χ4n) is 4.11. The summed E-state index contributed by atoms with van der Waals surface area (Å²) in [5, 5.41) is 3.33. The number of hydrogen-bond donors (Lipinski definition) is 3. The third-order valence-electron chi connectivity index (χ3n) is 5.50. The second kappa shape index (κ2) is 6.01. The number of rotatable bonds is 4. The molecule has 0 aromatic heterocycles. The van der Waals surface area contributed by atoms with E-state index in [1.54, 1.807) is 0 Å².